The van der Waals surface area contributed by atoms with Crippen LogP contribution in [0.25, 0.3) is 5.76 Å². The van der Waals surface area contributed by atoms with Crippen LogP contribution in [-0.4, -0.2) is 23.9 Å². The maximum Gasteiger partial charge on any atom is 0.300 e. The van der Waals surface area contributed by atoms with E-state index >= 15 is 0 Å². The molecule has 1 fully saturated rings. The number of para-hydroxylation sites is 1. The molecular weight excluding hydrogens is 450 g/mol. The molecule has 0 saturated carbocycles. The second-order valence-corrected chi connectivity index (χ2v) is 10.4. The molecule has 1 heterocycles. The van der Waals surface area contributed by atoms with Crippen LogP contribution in [0.5, 0.6) is 5.75 Å². The van der Waals surface area contributed by atoms with Gasteiger partial charge in [-0.3, -0.25) is 14.5 Å². The number of aliphatic hydroxyl groups excluding tert-OH is 1. The van der Waals surface area contributed by atoms with Gasteiger partial charge in [-0.05, 0) is 66.6 Å². The molecule has 0 radical (unpaired) electrons. The SMILES string of the molecule is COc1ccccc1C1/C(=C(\O)c2cc(C(C)(C)C)ccc2C)C(=O)C(=O)N1c1cccc(C)c1C. The highest BCUT2D eigenvalue weighted by molar-refractivity contribution is 6.51. The summed E-state index contributed by atoms with van der Waals surface area (Å²) in [7, 11) is 1.56. The number of aliphatic hydroxyl groups is 1. The Bertz CT molecular complexity index is 1390. The number of Topliss-reactive ketones (excluding diaryl/α,β-unsaturated/α-hetero) is 1. The third-order valence-corrected chi connectivity index (χ3v) is 7.07. The summed E-state index contributed by atoms with van der Waals surface area (Å²) in [5, 5.41) is 11.7. The van der Waals surface area contributed by atoms with Crippen LogP contribution in [-0.2, 0) is 15.0 Å². The van der Waals surface area contributed by atoms with Gasteiger partial charge >= 0.3 is 0 Å². The largest absolute Gasteiger partial charge is 0.507 e. The highest BCUT2D eigenvalue weighted by Crippen LogP contribution is 2.46. The van der Waals surface area contributed by atoms with Crippen LogP contribution in [0.4, 0.5) is 5.69 Å². The van der Waals surface area contributed by atoms with E-state index in [4.69, 9.17) is 4.74 Å². The quantitative estimate of drug-likeness (QED) is 0.260. The highest BCUT2D eigenvalue weighted by atomic mass is 16.5. The van der Waals surface area contributed by atoms with Crippen molar-refractivity contribution in [2.24, 2.45) is 0 Å². The van der Waals surface area contributed by atoms with Crippen molar-refractivity contribution in [3.8, 4) is 5.75 Å². The monoisotopic (exact) mass is 483 g/mol. The summed E-state index contributed by atoms with van der Waals surface area (Å²) in [6.07, 6.45) is 0. The zero-order valence-electron chi connectivity index (χ0n) is 22.0. The van der Waals surface area contributed by atoms with Gasteiger partial charge in [-0.2, -0.15) is 0 Å². The number of anilines is 1. The molecule has 1 aliphatic heterocycles. The van der Waals surface area contributed by atoms with Crippen molar-refractivity contribution in [3.05, 3.63) is 99.6 Å². The minimum absolute atomic E-state index is 0.0552. The molecule has 1 saturated heterocycles. The van der Waals surface area contributed by atoms with Gasteiger partial charge in [-0.25, -0.2) is 0 Å². The van der Waals surface area contributed by atoms with E-state index in [9.17, 15) is 14.7 Å². The maximum atomic E-state index is 13.6. The molecule has 0 bridgehead atoms. The average molecular weight is 484 g/mol. The van der Waals surface area contributed by atoms with E-state index in [2.05, 4.69) is 20.8 Å². The number of amides is 1. The number of hydrogen-bond acceptors (Lipinski definition) is 4. The molecular formula is C31H33NO4. The Kier molecular flexibility index (Phi) is 6.52. The number of rotatable bonds is 4. The minimum Gasteiger partial charge on any atom is -0.507 e. The molecule has 1 N–H and O–H groups in total. The van der Waals surface area contributed by atoms with Crippen molar-refractivity contribution < 1.29 is 19.4 Å². The number of ether oxygens (including phenoxy) is 1. The molecule has 1 unspecified atom stereocenters. The first-order valence-corrected chi connectivity index (χ1v) is 12.1. The highest BCUT2D eigenvalue weighted by Gasteiger charge is 2.48. The number of aryl methyl sites for hydroxylation is 2. The lowest BCUT2D eigenvalue weighted by atomic mass is 9.84. The van der Waals surface area contributed by atoms with E-state index in [0.717, 1.165) is 22.3 Å². The van der Waals surface area contributed by atoms with Crippen molar-refractivity contribution in [1.29, 1.82) is 0 Å². The predicted molar refractivity (Wildman–Crippen MR) is 144 cm³/mol. The fourth-order valence-corrected chi connectivity index (χ4v) is 4.75. The molecule has 1 amide bonds. The van der Waals surface area contributed by atoms with Crippen molar-refractivity contribution in [3.63, 3.8) is 0 Å². The van der Waals surface area contributed by atoms with Gasteiger partial charge in [0.1, 0.15) is 11.5 Å². The topological polar surface area (TPSA) is 66.8 Å². The predicted octanol–water partition coefficient (Wildman–Crippen LogP) is 6.54. The summed E-state index contributed by atoms with van der Waals surface area (Å²) in [5.41, 5.74) is 5.44. The molecule has 3 aromatic rings. The smallest absolute Gasteiger partial charge is 0.300 e. The second-order valence-electron chi connectivity index (χ2n) is 10.4. The first-order chi connectivity index (χ1) is 17.0. The van der Waals surface area contributed by atoms with Crippen LogP contribution in [0.1, 0.15) is 60.2 Å². The summed E-state index contributed by atoms with van der Waals surface area (Å²) in [6.45, 7) is 12.1. The first kappa shape index (κ1) is 25.2. The molecule has 5 nitrogen and oxygen atoms in total. The summed E-state index contributed by atoms with van der Waals surface area (Å²) in [6, 6.07) is 18.0. The Morgan fingerprint density at radius 2 is 1.61 bits per heavy atom. The molecule has 3 aromatic carbocycles. The van der Waals surface area contributed by atoms with Crippen LogP contribution in [0.2, 0.25) is 0 Å². The van der Waals surface area contributed by atoms with Gasteiger partial charge in [0.2, 0.25) is 0 Å². The van der Waals surface area contributed by atoms with Gasteiger partial charge in [-0.1, -0.05) is 63.2 Å². The molecule has 1 atom stereocenters. The van der Waals surface area contributed by atoms with Crippen LogP contribution in [0.3, 0.4) is 0 Å². The lowest BCUT2D eigenvalue weighted by Crippen LogP contribution is -2.30. The summed E-state index contributed by atoms with van der Waals surface area (Å²) >= 11 is 0. The van der Waals surface area contributed by atoms with E-state index < -0.39 is 17.7 Å². The maximum absolute atomic E-state index is 13.6. The van der Waals surface area contributed by atoms with Crippen molar-refractivity contribution >= 4 is 23.1 Å². The molecule has 1 aliphatic rings. The van der Waals surface area contributed by atoms with Gasteiger partial charge in [0.05, 0.1) is 18.7 Å². The Hall–Kier alpha value is -3.86. The van der Waals surface area contributed by atoms with E-state index in [-0.39, 0.29) is 16.7 Å². The molecule has 0 spiro atoms. The molecule has 0 aliphatic carbocycles. The van der Waals surface area contributed by atoms with Crippen molar-refractivity contribution in [2.45, 2.75) is 53.0 Å². The van der Waals surface area contributed by atoms with E-state index in [0.29, 0.717) is 22.6 Å². The fraction of sp³-hybridized carbons (Fsp3) is 0.290. The Morgan fingerprint density at radius 3 is 2.28 bits per heavy atom. The minimum atomic E-state index is -0.848. The number of carbonyl (C=O) groups is 2. The summed E-state index contributed by atoms with van der Waals surface area (Å²) in [5.74, 6) is -1.04. The van der Waals surface area contributed by atoms with Crippen molar-refractivity contribution in [2.75, 3.05) is 12.0 Å². The number of ketones is 1. The average Bonchev–Trinajstić information content (AvgIpc) is 3.10. The Labute approximate surface area is 213 Å². The molecule has 5 heteroatoms. The van der Waals surface area contributed by atoms with E-state index in [1.807, 2.05) is 75.4 Å². The molecule has 36 heavy (non-hydrogen) atoms. The number of benzene rings is 3. The Morgan fingerprint density at radius 1 is 0.917 bits per heavy atom. The zero-order valence-corrected chi connectivity index (χ0v) is 22.0. The number of methoxy groups -OCH3 is 1. The third kappa shape index (κ3) is 4.19. The molecule has 0 aromatic heterocycles. The van der Waals surface area contributed by atoms with Gasteiger partial charge in [0, 0.05) is 16.8 Å². The number of nitrogens with zero attached hydrogens (tertiary/aromatic N) is 1. The molecule has 186 valence electrons. The summed E-state index contributed by atoms with van der Waals surface area (Å²) < 4.78 is 5.63. The normalized spacial score (nSPS) is 17.5. The van der Waals surface area contributed by atoms with Gasteiger partial charge in [0.15, 0.2) is 0 Å². The van der Waals surface area contributed by atoms with Gasteiger partial charge < -0.3 is 9.84 Å². The van der Waals surface area contributed by atoms with Crippen LogP contribution in [0.15, 0.2) is 66.2 Å². The van der Waals surface area contributed by atoms with E-state index in [1.54, 1.807) is 13.2 Å². The van der Waals surface area contributed by atoms with Crippen LogP contribution < -0.4 is 9.64 Å². The van der Waals surface area contributed by atoms with Crippen LogP contribution >= 0.6 is 0 Å². The molecule has 4 rings (SSSR count). The van der Waals surface area contributed by atoms with Gasteiger partial charge in [0.25, 0.3) is 11.7 Å². The second kappa shape index (κ2) is 9.30. The standard InChI is InChI=1S/C31H33NO4/c1-18-11-10-13-24(20(18)3)32-27(22-12-8-9-14-25(22)36-7)26(29(34)30(32)35)28(33)23-17-21(31(4,5)6)16-15-19(23)2/h8-17,27,33H,1-7H3/b28-26+. The lowest BCUT2D eigenvalue weighted by Gasteiger charge is -2.28. The number of hydrogen-bond donors (Lipinski definition) is 1. The fourth-order valence-electron chi connectivity index (χ4n) is 4.75. The third-order valence-electron chi connectivity index (χ3n) is 7.07. The zero-order chi connectivity index (χ0) is 26.4. The first-order valence-electron chi connectivity index (χ1n) is 12.1. The Balaban J connectivity index is 2.05. The van der Waals surface area contributed by atoms with E-state index in [1.165, 1.54) is 4.90 Å². The lowest BCUT2D eigenvalue weighted by molar-refractivity contribution is -0.132. The number of carbonyl (C=O) groups excluding carboxylic acids is 2. The van der Waals surface area contributed by atoms with Crippen LogP contribution in [0, 0.1) is 20.8 Å². The summed E-state index contributed by atoms with van der Waals surface area (Å²) in [4.78, 5) is 28.7. The van der Waals surface area contributed by atoms with Gasteiger partial charge in [-0.15, -0.1) is 0 Å². The van der Waals surface area contributed by atoms with Crippen molar-refractivity contribution in [1.82, 2.24) is 0 Å².